The second-order valence-corrected chi connectivity index (χ2v) is 11.6. The number of benzene rings is 1. The molecular weight excluding hydrogens is 398 g/mol. The van der Waals surface area contributed by atoms with Crippen LogP contribution in [0.1, 0.15) is 86.6 Å². The fourth-order valence-corrected chi connectivity index (χ4v) is 3.55. The number of hydrogen-bond donors (Lipinski definition) is 2. The van der Waals surface area contributed by atoms with Crippen LogP contribution >= 0.6 is 0 Å². The molecule has 0 aliphatic rings. The van der Waals surface area contributed by atoms with Crippen LogP contribution < -0.4 is 16.0 Å². The summed E-state index contributed by atoms with van der Waals surface area (Å²) in [5, 5.41) is 3.15. The first-order chi connectivity index (χ1) is 14.7. The molecule has 5 heteroatoms. The standard InChI is InChI=1S/C27H47N3O2/c1-20(2)16-18-30(23-12-10-22(11-13-23)15-17-26(4,5)6)19-27(7,8)29-24(31)14-9-21(3)25(28)32/h10-13,20-21H,9,14-19H2,1-8H3,(H2,28,32)(H,29,31). The highest BCUT2D eigenvalue weighted by Gasteiger charge is 2.25. The Hall–Kier alpha value is -2.04. The Labute approximate surface area is 196 Å². The molecule has 0 aliphatic carbocycles. The largest absolute Gasteiger partial charge is 0.369 e. The molecule has 1 rings (SSSR count). The maximum absolute atomic E-state index is 12.5. The summed E-state index contributed by atoms with van der Waals surface area (Å²) in [6, 6.07) is 8.90. The van der Waals surface area contributed by atoms with E-state index in [1.807, 2.05) is 0 Å². The highest BCUT2D eigenvalue weighted by Crippen LogP contribution is 2.24. The first kappa shape index (κ1) is 28.0. The van der Waals surface area contributed by atoms with Crippen LogP contribution in [0.4, 0.5) is 5.69 Å². The molecule has 1 aromatic carbocycles. The van der Waals surface area contributed by atoms with E-state index in [1.54, 1.807) is 6.92 Å². The van der Waals surface area contributed by atoms with Crippen molar-refractivity contribution in [2.75, 3.05) is 18.0 Å². The monoisotopic (exact) mass is 445 g/mol. The Bertz CT molecular complexity index is 717. The number of nitrogens with two attached hydrogens (primary N) is 1. The van der Waals surface area contributed by atoms with Crippen molar-refractivity contribution in [1.29, 1.82) is 0 Å². The van der Waals surface area contributed by atoms with Crippen molar-refractivity contribution in [3.8, 4) is 0 Å². The third-order valence-corrected chi connectivity index (χ3v) is 5.80. The van der Waals surface area contributed by atoms with Crippen LogP contribution in [0.3, 0.4) is 0 Å². The average Bonchev–Trinajstić information content (AvgIpc) is 2.67. The summed E-state index contributed by atoms with van der Waals surface area (Å²) in [5.74, 6) is -0.0768. The molecule has 0 saturated carbocycles. The van der Waals surface area contributed by atoms with Gasteiger partial charge in [-0.05, 0) is 68.6 Å². The lowest BCUT2D eigenvalue weighted by molar-refractivity contribution is -0.124. The van der Waals surface area contributed by atoms with E-state index in [4.69, 9.17) is 5.73 Å². The normalized spacial score (nSPS) is 13.2. The second kappa shape index (κ2) is 12.3. The summed E-state index contributed by atoms with van der Waals surface area (Å²) in [4.78, 5) is 26.1. The van der Waals surface area contributed by atoms with Gasteiger partial charge in [-0.25, -0.2) is 0 Å². The third kappa shape index (κ3) is 11.5. The number of nitrogens with zero attached hydrogens (tertiary/aromatic N) is 1. The van der Waals surface area contributed by atoms with Gasteiger partial charge in [0.2, 0.25) is 11.8 Å². The molecule has 3 N–H and O–H groups in total. The van der Waals surface area contributed by atoms with E-state index in [-0.39, 0.29) is 17.7 Å². The van der Waals surface area contributed by atoms with Gasteiger partial charge in [-0.1, -0.05) is 53.7 Å². The predicted molar refractivity (Wildman–Crippen MR) is 136 cm³/mol. The van der Waals surface area contributed by atoms with Crippen molar-refractivity contribution >= 4 is 17.5 Å². The van der Waals surface area contributed by atoms with Crippen molar-refractivity contribution in [3.63, 3.8) is 0 Å². The van der Waals surface area contributed by atoms with Crippen LogP contribution in [0.25, 0.3) is 0 Å². The van der Waals surface area contributed by atoms with Gasteiger partial charge in [0.1, 0.15) is 0 Å². The average molecular weight is 446 g/mol. The van der Waals surface area contributed by atoms with Gasteiger partial charge in [0.05, 0.1) is 5.54 Å². The molecule has 0 bridgehead atoms. The van der Waals surface area contributed by atoms with Gasteiger partial charge in [0, 0.05) is 31.1 Å². The minimum Gasteiger partial charge on any atom is -0.369 e. The van der Waals surface area contributed by atoms with Crippen LogP contribution in [0, 0.1) is 17.3 Å². The van der Waals surface area contributed by atoms with Crippen molar-refractivity contribution in [2.45, 2.75) is 93.0 Å². The number of hydrogen-bond acceptors (Lipinski definition) is 3. The quantitative estimate of drug-likeness (QED) is 0.432. The molecule has 0 heterocycles. The number of carbonyl (C=O) groups is 2. The summed E-state index contributed by atoms with van der Waals surface area (Å²) in [5.41, 5.74) is 7.80. The Morgan fingerprint density at radius 3 is 2.09 bits per heavy atom. The van der Waals surface area contributed by atoms with Gasteiger partial charge in [-0.15, -0.1) is 0 Å². The molecule has 0 spiro atoms. The predicted octanol–water partition coefficient (Wildman–Crippen LogP) is 5.31. The van der Waals surface area contributed by atoms with E-state index in [2.05, 4.69) is 82.9 Å². The molecule has 1 atom stereocenters. The summed E-state index contributed by atoms with van der Waals surface area (Å²) in [6.45, 7) is 18.8. The number of anilines is 1. The summed E-state index contributed by atoms with van der Waals surface area (Å²) < 4.78 is 0. The Kier molecular flexibility index (Phi) is 10.7. The number of aryl methyl sites for hydroxylation is 1. The molecule has 1 aromatic rings. The molecule has 2 amide bonds. The van der Waals surface area contributed by atoms with E-state index in [0.717, 1.165) is 32.4 Å². The molecule has 1 unspecified atom stereocenters. The summed E-state index contributed by atoms with van der Waals surface area (Å²) in [6.07, 6.45) is 4.12. The first-order valence-electron chi connectivity index (χ1n) is 12.1. The number of primary amides is 1. The highest BCUT2D eigenvalue weighted by atomic mass is 16.2. The van der Waals surface area contributed by atoms with Crippen LogP contribution in [0.5, 0.6) is 0 Å². The molecule has 182 valence electrons. The number of carbonyl (C=O) groups excluding carboxylic acids is 2. The van der Waals surface area contributed by atoms with Gasteiger partial charge < -0.3 is 16.0 Å². The summed E-state index contributed by atoms with van der Waals surface area (Å²) in [7, 11) is 0. The van der Waals surface area contributed by atoms with E-state index >= 15 is 0 Å². The maximum Gasteiger partial charge on any atom is 0.220 e. The summed E-state index contributed by atoms with van der Waals surface area (Å²) >= 11 is 0. The van der Waals surface area contributed by atoms with Crippen molar-refractivity contribution < 1.29 is 9.59 Å². The second-order valence-electron chi connectivity index (χ2n) is 11.6. The fraction of sp³-hybridized carbons (Fsp3) is 0.704. The maximum atomic E-state index is 12.5. The van der Waals surface area contributed by atoms with Gasteiger partial charge >= 0.3 is 0 Å². The number of nitrogens with one attached hydrogen (secondary N) is 1. The van der Waals surface area contributed by atoms with E-state index in [0.29, 0.717) is 24.2 Å². The third-order valence-electron chi connectivity index (χ3n) is 5.80. The first-order valence-corrected chi connectivity index (χ1v) is 12.1. The number of amides is 2. The highest BCUT2D eigenvalue weighted by molar-refractivity contribution is 5.79. The molecule has 0 aromatic heterocycles. The molecule has 5 nitrogen and oxygen atoms in total. The zero-order chi connectivity index (χ0) is 24.5. The van der Waals surface area contributed by atoms with Crippen LogP contribution in [-0.4, -0.2) is 30.4 Å². The molecule has 0 radical (unpaired) electrons. The van der Waals surface area contributed by atoms with Crippen molar-refractivity contribution in [3.05, 3.63) is 29.8 Å². The van der Waals surface area contributed by atoms with Gasteiger partial charge in [-0.3, -0.25) is 9.59 Å². The van der Waals surface area contributed by atoms with E-state index in [1.165, 1.54) is 11.3 Å². The zero-order valence-electron chi connectivity index (χ0n) is 21.8. The number of rotatable bonds is 13. The van der Waals surface area contributed by atoms with Gasteiger partial charge in [0.15, 0.2) is 0 Å². The lowest BCUT2D eigenvalue weighted by Gasteiger charge is -2.35. The lowest BCUT2D eigenvalue weighted by atomic mass is 9.88. The smallest absolute Gasteiger partial charge is 0.220 e. The lowest BCUT2D eigenvalue weighted by Crippen LogP contribution is -2.52. The molecule has 0 saturated heterocycles. The topological polar surface area (TPSA) is 75.4 Å². The van der Waals surface area contributed by atoms with Gasteiger partial charge in [-0.2, -0.15) is 0 Å². The van der Waals surface area contributed by atoms with Crippen LogP contribution in [0.15, 0.2) is 24.3 Å². The fourth-order valence-electron chi connectivity index (χ4n) is 3.55. The molecule has 0 aliphatic heterocycles. The molecular formula is C27H47N3O2. The Morgan fingerprint density at radius 1 is 1.00 bits per heavy atom. The van der Waals surface area contributed by atoms with Crippen molar-refractivity contribution in [1.82, 2.24) is 5.32 Å². The van der Waals surface area contributed by atoms with Crippen LogP contribution in [-0.2, 0) is 16.0 Å². The van der Waals surface area contributed by atoms with E-state index < -0.39 is 5.54 Å². The zero-order valence-corrected chi connectivity index (χ0v) is 21.8. The minimum atomic E-state index is -0.394. The minimum absolute atomic E-state index is 0.0376. The Balaban J connectivity index is 2.82. The van der Waals surface area contributed by atoms with E-state index in [9.17, 15) is 9.59 Å². The molecule has 0 fully saturated rings. The van der Waals surface area contributed by atoms with Crippen molar-refractivity contribution in [2.24, 2.45) is 23.0 Å². The molecule has 32 heavy (non-hydrogen) atoms. The van der Waals surface area contributed by atoms with Crippen LogP contribution in [0.2, 0.25) is 0 Å². The Morgan fingerprint density at radius 2 is 1.59 bits per heavy atom. The SMILES string of the molecule is CC(C)CCN(CC(C)(C)NC(=O)CCC(C)C(N)=O)c1ccc(CCC(C)(C)C)cc1. The van der Waals surface area contributed by atoms with Gasteiger partial charge in [0.25, 0.3) is 0 Å².